The number of nitrogens with two attached hydrogens (primary N) is 1. The summed E-state index contributed by atoms with van der Waals surface area (Å²) in [6.07, 6.45) is -0.711. The molecule has 0 aliphatic carbocycles. The van der Waals surface area contributed by atoms with Crippen LogP contribution in [0, 0.1) is 0 Å². The Morgan fingerprint density at radius 2 is 1.67 bits per heavy atom. The maximum Gasteiger partial charge on any atom is 0.404 e. The molecule has 98 valence electrons. The maximum absolute atomic E-state index is 10.9. The van der Waals surface area contributed by atoms with Gasteiger partial charge < -0.3 is 10.5 Å². The van der Waals surface area contributed by atoms with Gasteiger partial charge in [0.2, 0.25) is 0 Å². The van der Waals surface area contributed by atoms with Crippen LogP contribution in [-0.2, 0) is 4.74 Å². The first-order valence-corrected chi connectivity index (χ1v) is 4.81. The zero-order valence-electron chi connectivity index (χ0n) is 9.33. The number of hydrogen-bond acceptors (Lipinski definition) is 5. The molecule has 0 fully saturated rings. The molecule has 0 spiro atoms. The Kier molecular flexibility index (Phi) is 4.07. The van der Waals surface area contributed by atoms with Crippen LogP contribution in [0.25, 0.3) is 11.2 Å². The van der Waals surface area contributed by atoms with Gasteiger partial charge in [-0.15, -0.1) is 0 Å². The van der Waals surface area contributed by atoms with Crippen LogP contribution in [0.15, 0.2) is 14.4 Å². The Labute approximate surface area is 98.2 Å². The highest BCUT2D eigenvalue weighted by atomic mass is 16.5. The first-order valence-electron chi connectivity index (χ1n) is 4.81. The minimum absolute atomic E-state index is 0.0413. The molecule has 2 rings (SSSR count). The molecule has 0 atom stereocenters. The predicted molar refractivity (Wildman–Crippen MR) is 61.4 cm³/mol. The van der Waals surface area contributed by atoms with E-state index in [0.29, 0.717) is 6.61 Å². The number of carbonyl (C=O) groups is 1. The van der Waals surface area contributed by atoms with Crippen LogP contribution in [-0.4, -0.2) is 32.6 Å². The van der Waals surface area contributed by atoms with Crippen LogP contribution in [0.3, 0.4) is 0 Å². The van der Waals surface area contributed by atoms with Gasteiger partial charge in [-0.25, -0.2) is 14.4 Å². The van der Waals surface area contributed by atoms with Gasteiger partial charge in [-0.3, -0.25) is 24.7 Å². The average molecular weight is 257 g/mol. The fourth-order valence-electron chi connectivity index (χ4n) is 1.10. The van der Waals surface area contributed by atoms with Crippen molar-refractivity contribution in [2.45, 2.75) is 6.92 Å². The zero-order valence-corrected chi connectivity index (χ0v) is 9.33. The monoisotopic (exact) mass is 257 g/mol. The summed E-state index contributed by atoms with van der Waals surface area (Å²) in [7, 11) is 0. The van der Waals surface area contributed by atoms with Crippen molar-refractivity contribution in [3.63, 3.8) is 0 Å². The minimum Gasteiger partial charge on any atom is -0.450 e. The van der Waals surface area contributed by atoms with E-state index >= 15 is 0 Å². The first-order chi connectivity index (χ1) is 8.43. The number of primary amides is 1. The SMILES string of the molecule is CCOC(N)=O.O=c1[nH]c(=O)c2[nH]c(=O)[nH]c2[nH]1. The second kappa shape index (κ2) is 5.52. The molecular formula is C8H11N5O5. The number of H-pyrrole nitrogens is 4. The quantitative estimate of drug-likeness (QED) is 0.411. The molecule has 10 nitrogen and oxygen atoms in total. The molecule has 2 heterocycles. The molecule has 6 N–H and O–H groups in total. The maximum atomic E-state index is 10.9. The molecular weight excluding hydrogens is 246 g/mol. The van der Waals surface area contributed by atoms with Gasteiger partial charge in [0, 0.05) is 0 Å². The van der Waals surface area contributed by atoms with E-state index in [4.69, 9.17) is 0 Å². The van der Waals surface area contributed by atoms with Crippen LogP contribution in [0.2, 0.25) is 0 Å². The average Bonchev–Trinajstić information content (AvgIpc) is 2.59. The summed E-state index contributed by atoms with van der Waals surface area (Å²) in [6.45, 7) is 2.06. The molecule has 0 aliphatic rings. The van der Waals surface area contributed by atoms with Gasteiger partial charge in [0.05, 0.1) is 6.61 Å². The van der Waals surface area contributed by atoms with Crippen LogP contribution in [0.1, 0.15) is 6.92 Å². The van der Waals surface area contributed by atoms with Gasteiger partial charge in [-0.2, -0.15) is 0 Å². The van der Waals surface area contributed by atoms with Gasteiger partial charge in [0.15, 0.2) is 0 Å². The fourth-order valence-corrected chi connectivity index (χ4v) is 1.10. The molecule has 10 heteroatoms. The Balaban J connectivity index is 0.000000232. The number of fused-ring (bicyclic) bond motifs is 1. The summed E-state index contributed by atoms with van der Waals surface area (Å²) in [5, 5.41) is 0. The Morgan fingerprint density at radius 3 is 2.11 bits per heavy atom. The lowest BCUT2D eigenvalue weighted by atomic mass is 10.5. The molecule has 0 radical (unpaired) electrons. The molecule has 0 bridgehead atoms. The third kappa shape index (κ3) is 3.37. The van der Waals surface area contributed by atoms with Crippen molar-refractivity contribution in [3.05, 3.63) is 31.3 Å². The highest BCUT2D eigenvalue weighted by Crippen LogP contribution is 1.88. The second-order valence-corrected chi connectivity index (χ2v) is 2.99. The zero-order chi connectivity index (χ0) is 13.7. The molecule has 18 heavy (non-hydrogen) atoms. The third-order valence-corrected chi connectivity index (χ3v) is 1.71. The number of ether oxygens (including phenoxy) is 1. The van der Waals surface area contributed by atoms with Crippen molar-refractivity contribution < 1.29 is 9.53 Å². The number of aromatic nitrogens is 4. The summed E-state index contributed by atoms with van der Waals surface area (Å²) < 4.78 is 4.18. The second-order valence-electron chi connectivity index (χ2n) is 2.99. The van der Waals surface area contributed by atoms with Crippen molar-refractivity contribution in [2.24, 2.45) is 5.73 Å². The molecule has 0 aromatic carbocycles. The molecule has 2 aromatic rings. The predicted octanol–water partition coefficient (Wildman–Crippen LogP) is -1.67. The van der Waals surface area contributed by atoms with Crippen molar-refractivity contribution in [2.75, 3.05) is 6.61 Å². The van der Waals surface area contributed by atoms with Crippen molar-refractivity contribution in [1.29, 1.82) is 0 Å². The number of aromatic amines is 4. The normalized spacial score (nSPS) is 9.61. The van der Waals surface area contributed by atoms with Gasteiger partial charge in [-0.05, 0) is 6.92 Å². The van der Waals surface area contributed by atoms with Gasteiger partial charge in [0.25, 0.3) is 5.56 Å². The van der Waals surface area contributed by atoms with E-state index in [-0.39, 0.29) is 11.2 Å². The van der Waals surface area contributed by atoms with E-state index in [1.165, 1.54) is 0 Å². The molecule has 0 saturated heterocycles. The Morgan fingerprint density at radius 1 is 1.11 bits per heavy atom. The van der Waals surface area contributed by atoms with Crippen molar-refractivity contribution in [1.82, 2.24) is 19.9 Å². The highest BCUT2D eigenvalue weighted by molar-refractivity contribution is 5.67. The van der Waals surface area contributed by atoms with Crippen LogP contribution < -0.4 is 22.7 Å². The number of imidazole rings is 1. The number of amides is 1. The Hall–Kier alpha value is -2.78. The molecule has 0 saturated carbocycles. The van der Waals surface area contributed by atoms with Gasteiger partial charge >= 0.3 is 17.5 Å². The van der Waals surface area contributed by atoms with Crippen LogP contribution in [0.5, 0.6) is 0 Å². The number of hydrogen-bond donors (Lipinski definition) is 5. The summed E-state index contributed by atoms with van der Waals surface area (Å²) in [6, 6.07) is 0. The largest absolute Gasteiger partial charge is 0.450 e. The van der Waals surface area contributed by atoms with Crippen LogP contribution in [0.4, 0.5) is 4.79 Å². The summed E-state index contributed by atoms with van der Waals surface area (Å²) >= 11 is 0. The number of carbonyl (C=O) groups excluding carboxylic acids is 1. The van der Waals surface area contributed by atoms with E-state index in [2.05, 4.69) is 25.4 Å². The lowest BCUT2D eigenvalue weighted by Crippen LogP contribution is -2.21. The van der Waals surface area contributed by atoms with E-state index in [9.17, 15) is 19.2 Å². The van der Waals surface area contributed by atoms with Crippen molar-refractivity contribution in [3.8, 4) is 0 Å². The minimum atomic E-state index is -0.711. The lowest BCUT2D eigenvalue weighted by molar-refractivity contribution is 0.163. The van der Waals surface area contributed by atoms with E-state index in [1.807, 2.05) is 4.98 Å². The van der Waals surface area contributed by atoms with Gasteiger partial charge in [0.1, 0.15) is 11.2 Å². The summed E-state index contributed by atoms with van der Waals surface area (Å²) in [5.74, 6) is 0. The van der Waals surface area contributed by atoms with E-state index in [1.54, 1.807) is 6.92 Å². The molecule has 2 aromatic heterocycles. The third-order valence-electron chi connectivity index (χ3n) is 1.71. The molecule has 0 aliphatic heterocycles. The number of nitrogens with one attached hydrogen (secondary N) is 4. The summed E-state index contributed by atoms with van der Waals surface area (Å²) in [4.78, 5) is 50.6. The van der Waals surface area contributed by atoms with Crippen LogP contribution >= 0.6 is 0 Å². The molecule has 1 amide bonds. The highest BCUT2D eigenvalue weighted by Gasteiger charge is 2.02. The lowest BCUT2D eigenvalue weighted by Gasteiger charge is -1.89. The fraction of sp³-hybridized carbons (Fsp3) is 0.250. The van der Waals surface area contributed by atoms with Gasteiger partial charge in [-0.1, -0.05) is 0 Å². The topological polar surface area (TPSA) is 167 Å². The Bertz CT molecular complexity index is 705. The van der Waals surface area contributed by atoms with E-state index in [0.717, 1.165) is 0 Å². The molecule has 0 unspecified atom stereocenters. The summed E-state index contributed by atoms with van der Waals surface area (Å²) in [5.41, 5.74) is 2.89. The number of rotatable bonds is 1. The van der Waals surface area contributed by atoms with E-state index < -0.39 is 23.0 Å². The standard InChI is InChI=1S/C5H4N4O3.C3H7NO2/c10-3-1-2(7-4(11)6-1)8-5(12)9-3;1-2-6-3(4)5/h(H4,6,7,8,9,10,11,12);2H2,1H3,(H2,4,5). The van der Waals surface area contributed by atoms with Crippen molar-refractivity contribution >= 4 is 17.3 Å². The first kappa shape index (κ1) is 13.3. The smallest absolute Gasteiger partial charge is 0.404 e.